The zero-order chi connectivity index (χ0) is 14.5. The summed E-state index contributed by atoms with van der Waals surface area (Å²) in [5, 5.41) is 1.69. The number of hydrogen-bond donors (Lipinski definition) is 1. The monoisotopic (exact) mass is 280 g/mol. The van der Waals surface area contributed by atoms with E-state index in [9.17, 15) is 14.5 Å². The lowest BCUT2D eigenvalue weighted by atomic mass is 10.3. The molecule has 1 heterocycles. The summed E-state index contributed by atoms with van der Waals surface area (Å²) in [4.78, 5) is 32.5. The van der Waals surface area contributed by atoms with Gasteiger partial charge >= 0.3 is 12.0 Å². The fourth-order valence-electron chi connectivity index (χ4n) is 1.35. The van der Waals surface area contributed by atoms with Gasteiger partial charge in [-0.05, 0) is 19.1 Å². The topological polar surface area (TPSA) is 110 Å². The van der Waals surface area contributed by atoms with Gasteiger partial charge in [-0.15, -0.1) is 0 Å². The minimum absolute atomic E-state index is 0.109. The summed E-state index contributed by atoms with van der Waals surface area (Å²) in [6.45, 7) is 1.22. The maximum absolute atomic E-state index is 11.4. The van der Waals surface area contributed by atoms with Crippen LogP contribution in [0.4, 0.5) is 10.5 Å². The van der Waals surface area contributed by atoms with E-state index in [-0.39, 0.29) is 23.9 Å². The third kappa shape index (κ3) is 3.31. The number of rotatable bonds is 4. The van der Waals surface area contributed by atoms with E-state index in [0.717, 1.165) is 0 Å². The number of benzene rings is 1. The molecule has 0 spiro atoms. The quantitative estimate of drug-likeness (QED) is 0.649. The molecule has 1 aromatic heterocycles. The fourth-order valence-corrected chi connectivity index (χ4v) is 1.35. The normalized spacial score (nSPS) is 10.1. The smallest absolute Gasteiger partial charge is 0.426 e. The molecule has 0 bridgehead atoms. The van der Waals surface area contributed by atoms with E-state index in [1.54, 1.807) is 5.18 Å². The van der Waals surface area contributed by atoms with Crippen molar-refractivity contribution in [3.63, 3.8) is 0 Å². The van der Waals surface area contributed by atoms with Crippen molar-refractivity contribution in [2.75, 3.05) is 0 Å². The minimum atomic E-state index is -0.976. The Morgan fingerprint density at radius 1 is 1.25 bits per heavy atom. The molecule has 104 valence electrons. The van der Waals surface area contributed by atoms with Gasteiger partial charge in [-0.3, -0.25) is 0 Å². The van der Waals surface area contributed by atoms with Gasteiger partial charge in [0.25, 0.3) is 5.69 Å². The predicted molar refractivity (Wildman–Crippen MR) is 63.2 cm³/mol. The van der Waals surface area contributed by atoms with Gasteiger partial charge in [0.2, 0.25) is 0 Å². The Labute approximate surface area is 111 Å². The third-order valence-corrected chi connectivity index (χ3v) is 2.33. The van der Waals surface area contributed by atoms with Crippen LogP contribution in [0.5, 0.6) is 5.75 Å². The molecule has 8 nitrogen and oxygen atoms in total. The van der Waals surface area contributed by atoms with Crippen molar-refractivity contribution in [2.45, 2.75) is 13.5 Å². The second kappa shape index (κ2) is 5.83. The lowest BCUT2D eigenvalue weighted by molar-refractivity contribution is -0.379. The number of hydrogen-bond acceptors (Lipinski definition) is 7. The highest BCUT2D eigenvalue weighted by Gasteiger charge is 2.13. The molecule has 1 N–H and O–H groups in total. The number of carbonyl (C=O) groups excluding carboxylic acids is 1. The van der Waals surface area contributed by atoms with Crippen molar-refractivity contribution in [1.82, 2.24) is 0 Å². The summed E-state index contributed by atoms with van der Waals surface area (Å²) in [5.41, 5.74) is 0.335. The van der Waals surface area contributed by atoms with Crippen molar-refractivity contribution in [3.8, 4) is 5.75 Å². The number of carbonyl (C=O) groups is 1. The maximum atomic E-state index is 11.4. The summed E-state index contributed by atoms with van der Waals surface area (Å²) < 4.78 is 18.8. The van der Waals surface area contributed by atoms with Crippen molar-refractivity contribution < 1.29 is 28.3 Å². The highest BCUT2D eigenvalue weighted by Crippen LogP contribution is 2.14. The lowest BCUT2D eigenvalue weighted by Crippen LogP contribution is -2.55. The standard InChI is InChI=1S/C12H9NO7/c1-7-10(20-12(15)18-7)6-17-11(14)19-9-4-2-8(13-16)3-5-9/h2-5H,6H2,1H3/p+1. The maximum Gasteiger partial charge on any atom is 0.519 e. The molecule has 0 saturated heterocycles. The molecule has 1 aromatic carbocycles. The molecular formula is C12H10NO7+. The first-order valence-electron chi connectivity index (χ1n) is 5.50. The van der Waals surface area contributed by atoms with Gasteiger partial charge in [-0.2, -0.15) is 0 Å². The molecule has 0 radical (unpaired) electrons. The number of nitrogens with one attached hydrogen (secondary N) is 1. The summed E-state index contributed by atoms with van der Waals surface area (Å²) >= 11 is 0. The second-order valence-electron chi connectivity index (χ2n) is 3.70. The molecule has 8 heteroatoms. The Bertz CT molecular complexity index is 668. The van der Waals surface area contributed by atoms with Crippen LogP contribution in [0.15, 0.2) is 37.9 Å². The number of ether oxygens (including phenoxy) is 2. The van der Waals surface area contributed by atoms with E-state index < -0.39 is 12.0 Å². The first-order valence-corrected chi connectivity index (χ1v) is 5.50. The van der Waals surface area contributed by atoms with Crippen LogP contribution >= 0.6 is 0 Å². The van der Waals surface area contributed by atoms with E-state index in [0.29, 0.717) is 5.69 Å². The first kappa shape index (κ1) is 13.5. The zero-order valence-corrected chi connectivity index (χ0v) is 10.4. The predicted octanol–water partition coefficient (Wildman–Crippen LogP) is 0.735. The van der Waals surface area contributed by atoms with Gasteiger partial charge in [0.15, 0.2) is 18.1 Å². The van der Waals surface area contributed by atoms with Crippen molar-refractivity contribution >= 4 is 11.8 Å². The van der Waals surface area contributed by atoms with E-state index in [2.05, 4.69) is 8.83 Å². The van der Waals surface area contributed by atoms with E-state index >= 15 is 0 Å². The van der Waals surface area contributed by atoms with Crippen LogP contribution in [-0.2, 0) is 11.3 Å². The molecular weight excluding hydrogens is 270 g/mol. The molecule has 0 aliphatic heterocycles. The largest absolute Gasteiger partial charge is 0.519 e. The van der Waals surface area contributed by atoms with E-state index in [4.69, 9.17) is 9.47 Å². The van der Waals surface area contributed by atoms with Gasteiger partial charge in [0, 0.05) is 22.2 Å². The molecule has 0 aliphatic rings. The Kier molecular flexibility index (Phi) is 3.94. The molecule has 0 fully saturated rings. The molecule has 0 atom stereocenters. The molecule has 0 unspecified atom stereocenters. The Balaban J connectivity index is 1.90. The summed E-state index contributed by atoms with van der Waals surface area (Å²) in [6, 6.07) is 5.72. The minimum Gasteiger partial charge on any atom is -0.426 e. The van der Waals surface area contributed by atoms with Crippen LogP contribution in [0, 0.1) is 11.8 Å². The Morgan fingerprint density at radius 3 is 2.50 bits per heavy atom. The van der Waals surface area contributed by atoms with Crippen LogP contribution in [-0.4, -0.2) is 6.16 Å². The second-order valence-corrected chi connectivity index (χ2v) is 3.70. The third-order valence-electron chi connectivity index (χ3n) is 2.33. The molecule has 2 rings (SSSR count). The van der Waals surface area contributed by atoms with Crippen molar-refractivity contribution in [2.24, 2.45) is 0 Å². The van der Waals surface area contributed by atoms with Gasteiger partial charge in [-0.25, -0.2) is 9.59 Å². The fraction of sp³-hybridized carbons (Fsp3) is 0.167. The average molecular weight is 280 g/mol. The average Bonchev–Trinajstić information content (AvgIpc) is 2.75. The molecule has 0 aliphatic carbocycles. The summed E-state index contributed by atoms with van der Waals surface area (Å²) in [6.07, 6.45) is -0.976. The zero-order valence-electron chi connectivity index (χ0n) is 10.4. The van der Waals surface area contributed by atoms with Gasteiger partial charge < -0.3 is 18.3 Å². The molecule has 0 amide bonds. The summed E-state index contributed by atoms with van der Waals surface area (Å²) in [7, 11) is 0. The van der Waals surface area contributed by atoms with Crippen LogP contribution in [0.2, 0.25) is 0 Å². The van der Waals surface area contributed by atoms with Crippen LogP contribution < -0.4 is 15.7 Å². The highest BCUT2D eigenvalue weighted by molar-refractivity contribution is 5.63. The highest BCUT2D eigenvalue weighted by atomic mass is 16.7. The van der Waals surface area contributed by atoms with E-state index in [1.807, 2.05) is 0 Å². The van der Waals surface area contributed by atoms with Crippen molar-refractivity contribution in [1.29, 1.82) is 0 Å². The van der Waals surface area contributed by atoms with E-state index in [1.165, 1.54) is 31.2 Å². The van der Waals surface area contributed by atoms with Crippen LogP contribution in [0.1, 0.15) is 11.5 Å². The van der Waals surface area contributed by atoms with Crippen molar-refractivity contribution in [3.05, 3.63) is 51.3 Å². The number of aryl methyl sites for hydroxylation is 1. The van der Waals surface area contributed by atoms with Gasteiger partial charge in [-0.1, -0.05) is 0 Å². The molecule has 2 aromatic rings. The molecule has 20 heavy (non-hydrogen) atoms. The Morgan fingerprint density at radius 2 is 1.95 bits per heavy atom. The summed E-state index contributed by atoms with van der Waals surface area (Å²) in [5.74, 6) is -0.318. The molecule has 0 saturated carbocycles. The van der Waals surface area contributed by atoms with Gasteiger partial charge in [0.1, 0.15) is 5.75 Å². The Hall–Kier alpha value is -2.90. The lowest BCUT2D eigenvalue weighted by Gasteiger charge is -2.03. The van der Waals surface area contributed by atoms with Gasteiger partial charge in [0.05, 0.1) is 0 Å². The van der Waals surface area contributed by atoms with Crippen LogP contribution in [0.25, 0.3) is 0 Å². The van der Waals surface area contributed by atoms with Crippen LogP contribution in [0.3, 0.4) is 0 Å². The SMILES string of the molecule is Cc1oc(=O)oc1COC(=O)Oc1ccc([NH+]=O)cc1. The number of nitroso groups, excluding NO2 is 1. The first-order chi connectivity index (χ1) is 9.58.